The molecule has 2 aliphatic rings. The van der Waals surface area contributed by atoms with Crippen molar-refractivity contribution in [3.63, 3.8) is 0 Å². The van der Waals surface area contributed by atoms with Gasteiger partial charge in [0.15, 0.2) is 0 Å². The molecule has 0 radical (unpaired) electrons. The van der Waals surface area contributed by atoms with Crippen molar-refractivity contribution in [2.45, 2.75) is 12.8 Å². The normalized spacial score (nSPS) is 24.7. The number of nitrogens with zero attached hydrogens (tertiary/aromatic N) is 2. The van der Waals surface area contributed by atoms with Crippen LogP contribution in [0.25, 0.3) is 5.52 Å². The maximum atomic E-state index is 12.2. The van der Waals surface area contributed by atoms with E-state index >= 15 is 0 Å². The summed E-state index contributed by atoms with van der Waals surface area (Å²) in [6.45, 7) is 0.112. The van der Waals surface area contributed by atoms with Gasteiger partial charge in [-0.1, -0.05) is 12.2 Å². The van der Waals surface area contributed by atoms with Gasteiger partial charge in [-0.3, -0.25) is 9.52 Å². The molecule has 2 bridgehead atoms. The molecule has 1 fully saturated rings. The summed E-state index contributed by atoms with van der Waals surface area (Å²) in [5.41, 5.74) is 1.29. The van der Waals surface area contributed by atoms with Gasteiger partial charge in [-0.2, -0.15) is 5.10 Å². The molecular formula is C17H20N4O3S. The van der Waals surface area contributed by atoms with Crippen LogP contribution < -0.4 is 10.0 Å². The Kier molecular flexibility index (Phi) is 3.99. The van der Waals surface area contributed by atoms with Crippen molar-refractivity contribution in [3.8, 4) is 0 Å². The zero-order valence-electron chi connectivity index (χ0n) is 13.6. The molecule has 1 saturated carbocycles. The number of carbonyl (C=O) groups is 1. The van der Waals surface area contributed by atoms with Crippen LogP contribution in [0.5, 0.6) is 0 Å². The summed E-state index contributed by atoms with van der Waals surface area (Å²) < 4.78 is 28.6. The highest BCUT2D eigenvalue weighted by molar-refractivity contribution is 7.92. The molecule has 0 aliphatic heterocycles. The summed E-state index contributed by atoms with van der Waals surface area (Å²) in [5, 5.41) is 6.84. The van der Waals surface area contributed by atoms with Crippen LogP contribution in [-0.4, -0.2) is 36.2 Å². The Morgan fingerprint density at radius 2 is 2.16 bits per heavy atom. The van der Waals surface area contributed by atoms with Gasteiger partial charge in [0.25, 0.3) is 0 Å². The Morgan fingerprint density at radius 1 is 1.28 bits per heavy atom. The fourth-order valence-corrected chi connectivity index (χ4v) is 4.70. The van der Waals surface area contributed by atoms with Crippen molar-refractivity contribution in [1.29, 1.82) is 0 Å². The summed E-state index contributed by atoms with van der Waals surface area (Å²) in [4.78, 5) is 12.2. The van der Waals surface area contributed by atoms with Gasteiger partial charge in [-0.15, -0.1) is 0 Å². The van der Waals surface area contributed by atoms with E-state index in [1.807, 2.05) is 0 Å². The minimum atomic E-state index is -3.52. The standard InChI is InChI=1S/C17H20N4O3S/c22-17(16-10-12-1-2-13(16)9-12)18-6-8-25(23,24)20-14-4-7-21-15(11-14)3-5-19-21/h1-5,7,11-13,16,20H,6,8-10H2,(H,18,22). The first kappa shape index (κ1) is 16.1. The zero-order chi connectivity index (χ0) is 17.4. The predicted molar refractivity (Wildman–Crippen MR) is 94.5 cm³/mol. The first-order valence-corrected chi connectivity index (χ1v) is 10.1. The lowest BCUT2D eigenvalue weighted by molar-refractivity contribution is -0.125. The van der Waals surface area contributed by atoms with Crippen molar-refractivity contribution < 1.29 is 13.2 Å². The van der Waals surface area contributed by atoms with Crippen molar-refractivity contribution in [2.75, 3.05) is 17.0 Å². The van der Waals surface area contributed by atoms with E-state index in [-0.39, 0.29) is 24.1 Å². The van der Waals surface area contributed by atoms with E-state index in [2.05, 4.69) is 27.3 Å². The fourth-order valence-electron chi connectivity index (χ4n) is 3.74. The Labute approximate surface area is 146 Å². The van der Waals surface area contributed by atoms with Crippen LogP contribution in [0.15, 0.2) is 42.7 Å². The van der Waals surface area contributed by atoms with Crippen molar-refractivity contribution in [2.24, 2.45) is 17.8 Å². The average molecular weight is 360 g/mol. The van der Waals surface area contributed by atoms with Gasteiger partial charge >= 0.3 is 0 Å². The third kappa shape index (κ3) is 3.39. The minimum absolute atomic E-state index is 0.00469. The summed E-state index contributed by atoms with van der Waals surface area (Å²) in [6, 6.07) is 5.16. The van der Waals surface area contributed by atoms with Gasteiger partial charge < -0.3 is 5.32 Å². The number of hydrogen-bond donors (Lipinski definition) is 2. The molecule has 2 aromatic heterocycles. The highest BCUT2D eigenvalue weighted by atomic mass is 32.2. The number of anilines is 1. The third-order valence-electron chi connectivity index (χ3n) is 4.96. The zero-order valence-corrected chi connectivity index (χ0v) is 14.4. The number of hydrogen-bond acceptors (Lipinski definition) is 4. The molecule has 7 nitrogen and oxygen atoms in total. The van der Waals surface area contributed by atoms with Crippen LogP contribution in [0.2, 0.25) is 0 Å². The van der Waals surface area contributed by atoms with Crippen molar-refractivity contribution >= 4 is 27.1 Å². The number of aromatic nitrogens is 2. The maximum absolute atomic E-state index is 12.2. The third-order valence-corrected chi connectivity index (χ3v) is 6.25. The van der Waals surface area contributed by atoms with E-state index in [0.717, 1.165) is 18.4 Å². The topological polar surface area (TPSA) is 92.6 Å². The second kappa shape index (κ2) is 6.18. The van der Waals surface area contributed by atoms with E-state index in [1.165, 1.54) is 0 Å². The number of allylic oxidation sites excluding steroid dienone is 2. The van der Waals surface area contributed by atoms with Gasteiger partial charge in [0.2, 0.25) is 15.9 Å². The van der Waals surface area contributed by atoms with Crippen LogP contribution in [0, 0.1) is 17.8 Å². The van der Waals surface area contributed by atoms with Gasteiger partial charge in [0, 0.05) is 24.9 Å². The molecule has 2 heterocycles. The fraction of sp³-hybridized carbons (Fsp3) is 0.412. The maximum Gasteiger partial charge on any atom is 0.234 e. The summed E-state index contributed by atoms with van der Waals surface area (Å²) in [7, 11) is -3.52. The molecule has 0 aromatic carbocycles. The smallest absolute Gasteiger partial charge is 0.234 e. The van der Waals surface area contributed by atoms with Gasteiger partial charge in [-0.05, 0) is 42.9 Å². The molecule has 0 saturated heterocycles. The number of rotatable bonds is 6. The van der Waals surface area contributed by atoms with Gasteiger partial charge in [0.1, 0.15) is 0 Å². The molecule has 0 spiro atoms. The number of amides is 1. The molecular weight excluding hydrogens is 340 g/mol. The predicted octanol–water partition coefficient (Wildman–Crippen LogP) is 1.40. The molecule has 2 aromatic rings. The van der Waals surface area contributed by atoms with Crippen LogP contribution in [0.1, 0.15) is 12.8 Å². The Bertz CT molecular complexity index is 934. The summed E-state index contributed by atoms with van der Waals surface area (Å²) in [5.74, 6) is 0.647. The van der Waals surface area contributed by atoms with E-state index < -0.39 is 10.0 Å². The number of pyridine rings is 1. The molecule has 25 heavy (non-hydrogen) atoms. The minimum Gasteiger partial charge on any atom is -0.355 e. The lowest BCUT2D eigenvalue weighted by atomic mass is 9.93. The van der Waals surface area contributed by atoms with Crippen molar-refractivity contribution in [3.05, 3.63) is 42.7 Å². The molecule has 3 unspecified atom stereocenters. The average Bonchev–Trinajstić information content (AvgIpc) is 3.29. The number of fused-ring (bicyclic) bond motifs is 3. The van der Waals surface area contributed by atoms with Crippen molar-refractivity contribution in [1.82, 2.24) is 14.9 Å². The van der Waals surface area contributed by atoms with Gasteiger partial charge in [-0.25, -0.2) is 12.9 Å². The number of carbonyl (C=O) groups excluding carboxylic acids is 1. The lowest BCUT2D eigenvalue weighted by Crippen LogP contribution is -2.36. The van der Waals surface area contributed by atoms with Crippen LogP contribution >= 0.6 is 0 Å². The van der Waals surface area contributed by atoms with E-state index in [0.29, 0.717) is 17.5 Å². The highest BCUT2D eigenvalue weighted by Gasteiger charge is 2.39. The van der Waals surface area contributed by atoms with E-state index in [1.54, 1.807) is 35.1 Å². The Balaban J connectivity index is 1.30. The SMILES string of the molecule is O=C(NCCS(=O)(=O)Nc1ccn2nccc2c1)C1CC2C=CC1C2. The molecule has 4 rings (SSSR count). The van der Waals surface area contributed by atoms with Crippen LogP contribution in [0.4, 0.5) is 5.69 Å². The van der Waals surface area contributed by atoms with Crippen LogP contribution in [-0.2, 0) is 14.8 Å². The number of sulfonamides is 1. The second-order valence-corrected chi connectivity index (χ2v) is 8.56. The first-order valence-electron chi connectivity index (χ1n) is 8.40. The molecule has 132 valence electrons. The molecule has 1 amide bonds. The Hall–Kier alpha value is -2.35. The quantitative estimate of drug-likeness (QED) is 0.762. The molecule has 3 atom stereocenters. The number of nitrogens with one attached hydrogen (secondary N) is 2. The summed E-state index contributed by atoms with van der Waals surface area (Å²) >= 11 is 0. The first-order chi connectivity index (χ1) is 12.0. The molecule has 2 aliphatic carbocycles. The molecule has 2 N–H and O–H groups in total. The molecule has 8 heteroatoms. The summed E-state index contributed by atoms with van der Waals surface area (Å²) in [6.07, 6.45) is 9.56. The Morgan fingerprint density at radius 3 is 2.92 bits per heavy atom. The van der Waals surface area contributed by atoms with E-state index in [4.69, 9.17) is 0 Å². The lowest BCUT2D eigenvalue weighted by Gasteiger charge is -2.17. The van der Waals surface area contributed by atoms with E-state index in [9.17, 15) is 13.2 Å². The monoisotopic (exact) mass is 360 g/mol. The largest absolute Gasteiger partial charge is 0.355 e. The van der Waals surface area contributed by atoms with Crippen LogP contribution in [0.3, 0.4) is 0 Å². The highest BCUT2D eigenvalue weighted by Crippen LogP contribution is 2.43. The van der Waals surface area contributed by atoms with Gasteiger partial charge in [0.05, 0.1) is 17.0 Å². The second-order valence-electron chi connectivity index (χ2n) is 6.71.